The second kappa shape index (κ2) is 8.84. The van der Waals surface area contributed by atoms with Crippen molar-refractivity contribution >= 4 is 22.8 Å². The van der Waals surface area contributed by atoms with Gasteiger partial charge in [0.25, 0.3) is 5.56 Å². The van der Waals surface area contributed by atoms with Crippen LogP contribution in [0.15, 0.2) is 23.0 Å². The van der Waals surface area contributed by atoms with Gasteiger partial charge in [-0.25, -0.2) is 14.2 Å². The summed E-state index contributed by atoms with van der Waals surface area (Å²) in [7, 11) is 0. The quantitative estimate of drug-likeness (QED) is 0.267. The third-order valence-electron chi connectivity index (χ3n) is 6.36. The van der Waals surface area contributed by atoms with E-state index in [1.807, 2.05) is 0 Å². The van der Waals surface area contributed by atoms with Crippen molar-refractivity contribution in [2.24, 2.45) is 5.73 Å². The number of rotatable bonds is 6. The van der Waals surface area contributed by atoms with Crippen molar-refractivity contribution in [2.75, 3.05) is 19.7 Å². The number of cyclic esters (lactones) is 1. The highest BCUT2D eigenvalue weighted by molar-refractivity contribution is 5.89. The highest BCUT2D eigenvalue weighted by Crippen LogP contribution is 2.38. The van der Waals surface area contributed by atoms with Crippen molar-refractivity contribution in [1.29, 1.82) is 0 Å². The van der Waals surface area contributed by atoms with Gasteiger partial charge in [0.05, 0.1) is 48.8 Å². The molecule has 1 aromatic carbocycles. The van der Waals surface area contributed by atoms with Gasteiger partial charge in [-0.05, 0) is 30.2 Å². The van der Waals surface area contributed by atoms with Crippen LogP contribution in [0, 0.1) is 12.7 Å². The van der Waals surface area contributed by atoms with Gasteiger partial charge in [0.1, 0.15) is 12.4 Å². The first-order valence-corrected chi connectivity index (χ1v) is 11.1. The maximum atomic E-state index is 14.4. The second-order valence-electron chi connectivity index (χ2n) is 8.51. The molecular formula is C24H23FN4O6. The fourth-order valence-electron chi connectivity index (χ4n) is 4.51. The van der Waals surface area contributed by atoms with E-state index in [0.717, 1.165) is 11.1 Å². The lowest BCUT2D eigenvalue weighted by Crippen LogP contribution is -2.32. The number of carbonyl (C=O) groups is 2. The van der Waals surface area contributed by atoms with Gasteiger partial charge in [0, 0.05) is 29.1 Å². The Balaban J connectivity index is 1.59. The van der Waals surface area contributed by atoms with Crippen molar-refractivity contribution < 1.29 is 28.6 Å². The van der Waals surface area contributed by atoms with E-state index in [4.69, 9.17) is 15.2 Å². The molecule has 0 aliphatic carbocycles. The Bertz CT molecular complexity index is 1450. The van der Waals surface area contributed by atoms with E-state index >= 15 is 0 Å². The number of fused-ring (bicyclic) bond motifs is 5. The molecule has 182 valence electrons. The Morgan fingerprint density at radius 1 is 1.34 bits per heavy atom. The van der Waals surface area contributed by atoms with E-state index in [-0.39, 0.29) is 62.0 Å². The SMILES string of the molecule is Cc1cc2c(COCCNC(=O)CN)c3c(nc2cc1F)-c1cc2c(c(=O)n1C3)COC(=O)[C@H]2O. The number of esters is 1. The standard InChI is InChI=1S/C24H23FN4O6/c1-11-4-12-15(9-34-3-2-27-20(30)7-26)14-8-29-19(21(14)28-18(12)6-17(11)25)5-13-16(23(29)32)10-35-24(33)22(13)31/h4-6,22,31H,2-3,7-10,26H2,1H3,(H,27,30)/t22-/m0/s1. The lowest BCUT2D eigenvalue weighted by molar-refractivity contribution is -0.157. The molecule has 4 heterocycles. The molecule has 3 aromatic rings. The summed E-state index contributed by atoms with van der Waals surface area (Å²) in [6.45, 7) is 2.15. The van der Waals surface area contributed by atoms with Gasteiger partial charge in [-0.1, -0.05) is 0 Å². The van der Waals surface area contributed by atoms with Gasteiger partial charge in [-0.2, -0.15) is 0 Å². The first-order chi connectivity index (χ1) is 16.8. The summed E-state index contributed by atoms with van der Waals surface area (Å²) in [4.78, 5) is 41.1. The van der Waals surface area contributed by atoms with E-state index in [0.29, 0.717) is 27.9 Å². The normalized spacial score (nSPS) is 16.0. The fraction of sp³-hybridized carbons (Fsp3) is 0.333. The van der Waals surface area contributed by atoms with Crippen molar-refractivity contribution in [3.05, 3.63) is 62.2 Å². The van der Waals surface area contributed by atoms with E-state index < -0.39 is 17.9 Å². The number of hydrogen-bond donors (Lipinski definition) is 3. The van der Waals surface area contributed by atoms with Crippen molar-refractivity contribution in [3.8, 4) is 11.4 Å². The largest absolute Gasteiger partial charge is 0.458 e. The molecule has 4 N–H and O–H groups in total. The Kier molecular flexibility index (Phi) is 5.83. The van der Waals surface area contributed by atoms with Crippen LogP contribution in [0.2, 0.25) is 0 Å². The molecule has 0 saturated carbocycles. The highest BCUT2D eigenvalue weighted by Gasteiger charge is 2.34. The number of hydrogen-bond acceptors (Lipinski definition) is 8. The monoisotopic (exact) mass is 482 g/mol. The average molecular weight is 482 g/mol. The van der Waals surface area contributed by atoms with Crippen LogP contribution < -0.4 is 16.6 Å². The van der Waals surface area contributed by atoms with E-state index in [2.05, 4.69) is 10.3 Å². The smallest absolute Gasteiger partial charge is 0.340 e. The molecule has 2 aliphatic heterocycles. The van der Waals surface area contributed by atoms with Gasteiger partial charge in [-0.3, -0.25) is 9.59 Å². The second-order valence-corrected chi connectivity index (χ2v) is 8.51. The number of pyridine rings is 2. The van der Waals surface area contributed by atoms with Crippen LogP contribution in [0.5, 0.6) is 0 Å². The zero-order valence-corrected chi connectivity index (χ0v) is 18.9. The molecule has 0 unspecified atom stereocenters. The molecule has 0 fully saturated rings. The van der Waals surface area contributed by atoms with Crippen LogP contribution in [0.3, 0.4) is 0 Å². The first-order valence-electron chi connectivity index (χ1n) is 11.1. The molecule has 2 aromatic heterocycles. The lowest BCUT2D eigenvalue weighted by Gasteiger charge is -2.21. The predicted octanol–water partition coefficient (Wildman–Crippen LogP) is 0.554. The molecule has 1 amide bonds. The van der Waals surface area contributed by atoms with Crippen LogP contribution >= 0.6 is 0 Å². The molecule has 0 radical (unpaired) electrons. The van der Waals surface area contributed by atoms with E-state index in [9.17, 15) is 23.9 Å². The van der Waals surface area contributed by atoms with Gasteiger partial charge < -0.3 is 30.2 Å². The topological polar surface area (TPSA) is 146 Å². The summed E-state index contributed by atoms with van der Waals surface area (Å²) in [6.07, 6.45) is -1.56. The predicted molar refractivity (Wildman–Crippen MR) is 122 cm³/mol. The van der Waals surface area contributed by atoms with Crippen LogP contribution in [-0.4, -0.2) is 46.2 Å². The molecule has 2 aliphatic rings. The van der Waals surface area contributed by atoms with Crippen molar-refractivity contribution in [3.63, 3.8) is 0 Å². The molecule has 1 atom stereocenters. The first kappa shape index (κ1) is 23.1. The number of nitrogens with zero attached hydrogens (tertiary/aromatic N) is 2. The van der Waals surface area contributed by atoms with Gasteiger partial charge in [0.2, 0.25) is 5.91 Å². The number of aliphatic hydroxyl groups excluding tert-OH is 1. The zero-order valence-electron chi connectivity index (χ0n) is 18.9. The number of aromatic nitrogens is 2. The number of aryl methyl sites for hydroxylation is 1. The maximum Gasteiger partial charge on any atom is 0.340 e. The number of halogens is 1. The third-order valence-corrected chi connectivity index (χ3v) is 6.36. The van der Waals surface area contributed by atoms with Gasteiger partial charge in [-0.15, -0.1) is 0 Å². The third kappa shape index (κ3) is 3.87. The van der Waals surface area contributed by atoms with Gasteiger partial charge in [0.15, 0.2) is 6.10 Å². The molecular weight excluding hydrogens is 459 g/mol. The summed E-state index contributed by atoms with van der Waals surface area (Å²) < 4.78 is 26.7. The zero-order chi connectivity index (χ0) is 24.9. The van der Waals surface area contributed by atoms with Crippen molar-refractivity contribution in [1.82, 2.24) is 14.9 Å². The molecule has 35 heavy (non-hydrogen) atoms. The van der Waals surface area contributed by atoms with Crippen molar-refractivity contribution in [2.45, 2.75) is 32.8 Å². The molecule has 10 nitrogen and oxygen atoms in total. The summed E-state index contributed by atoms with van der Waals surface area (Å²) >= 11 is 0. The number of nitrogens with one attached hydrogen (secondary N) is 1. The summed E-state index contributed by atoms with van der Waals surface area (Å²) in [5, 5.41) is 13.6. The highest BCUT2D eigenvalue weighted by atomic mass is 19.1. The number of carbonyl (C=O) groups excluding carboxylic acids is 2. The Morgan fingerprint density at radius 2 is 2.14 bits per heavy atom. The Hall–Kier alpha value is -3.67. The Morgan fingerprint density at radius 3 is 2.91 bits per heavy atom. The number of amides is 1. The number of aliphatic hydroxyl groups is 1. The summed E-state index contributed by atoms with van der Waals surface area (Å²) in [5.41, 5.74) is 8.50. The minimum absolute atomic E-state index is 0.115. The lowest BCUT2D eigenvalue weighted by atomic mass is 9.98. The van der Waals surface area contributed by atoms with Crippen LogP contribution in [-0.2, 0) is 38.8 Å². The van der Waals surface area contributed by atoms with Crippen LogP contribution in [0.1, 0.15) is 33.9 Å². The number of nitrogens with two attached hydrogens (primary N) is 1. The van der Waals surface area contributed by atoms with Gasteiger partial charge >= 0.3 is 5.97 Å². The average Bonchev–Trinajstić information content (AvgIpc) is 3.20. The molecule has 0 spiro atoms. The number of benzene rings is 1. The van der Waals surface area contributed by atoms with E-state index in [1.54, 1.807) is 19.1 Å². The summed E-state index contributed by atoms with van der Waals surface area (Å²) in [5.74, 6) is -1.53. The fourth-order valence-corrected chi connectivity index (χ4v) is 4.51. The van der Waals surface area contributed by atoms with Crippen LogP contribution in [0.4, 0.5) is 4.39 Å². The molecule has 0 saturated heterocycles. The van der Waals surface area contributed by atoms with E-state index in [1.165, 1.54) is 10.6 Å². The molecule has 11 heteroatoms. The Labute approximate surface area is 198 Å². The van der Waals surface area contributed by atoms with Crippen LogP contribution in [0.25, 0.3) is 22.3 Å². The minimum atomic E-state index is -1.56. The minimum Gasteiger partial charge on any atom is -0.458 e. The molecule has 0 bridgehead atoms. The summed E-state index contributed by atoms with van der Waals surface area (Å²) in [6, 6.07) is 4.60. The maximum absolute atomic E-state index is 14.4. The number of ether oxygens (including phenoxy) is 2. The molecule has 5 rings (SSSR count).